The standard InChI is InChI=1S/C18H26N4O4S/c1-13-4-5-16(14(2)12-13)27(25,26)21-10-8-20(9-11-21)15(3)17(23)22-7-6-19-18(22)24/h4-5,12,15H,6-11H2,1-3H3,(H,19,24)/t15-/m0/s1. The molecule has 0 unspecified atom stereocenters. The molecule has 0 saturated carbocycles. The van der Waals surface area contributed by atoms with Gasteiger partial charge in [0.2, 0.25) is 15.9 Å². The second kappa shape index (κ2) is 7.57. The molecule has 0 spiro atoms. The van der Waals surface area contributed by atoms with E-state index in [9.17, 15) is 18.0 Å². The maximum absolute atomic E-state index is 13.0. The van der Waals surface area contributed by atoms with Crippen LogP contribution in [0, 0.1) is 13.8 Å². The van der Waals surface area contributed by atoms with Crippen LogP contribution in [-0.4, -0.2) is 79.8 Å². The normalized spacial score (nSPS) is 20.6. The van der Waals surface area contributed by atoms with Crippen LogP contribution in [0.2, 0.25) is 0 Å². The third-order valence-electron chi connectivity index (χ3n) is 5.25. The van der Waals surface area contributed by atoms with Gasteiger partial charge in [-0.1, -0.05) is 17.7 Å². The van der Waals surface area contributed by atoms with E-state index in [-0.39, 0.29) is 11.9 Å². The van der Waals surface area contributed by atoms with Crippen LogP contribution >= 0.6 is 0 Å². The third-order valence-corrected chi connectivity index (χ3v) is 7.31. The second-order valence-electron chi connectivity index (χ2n) is 7.11. The number of urea groups is 1. The summed E-state index contributed by atoms with van der Waals surface area (Å²) in [5, 5.41) is 2.62. The highest BCUT2D eigenvalue weighted by Crippen LogP contribution is 2.22. The lowest BCUT2D eigenvalue weighted by molar-refractivity contribution is -0.133. The predicted octanol–water partition coefficient (Wildman–Crippen LogP) is 0.550. The Balaban J connectivity index is 1.66. The van der Waals surface area contributed by atoms with Gasteiger partial charge in [0.25, 0.3) is 0 Å². The van der Waals surface area contributed by atoms with E-state index in [4.69, 9.17) is 0 Å². The summed E-state index contributed by atoms with van der Waals surface area (Å²) in [6.45, 7) is 7.89. The number of carbonyl (C=O) groups excluding carboxylic acids is 2. The number of carbonyl (C=O) groups is 2. The number of aryl methyl sites for hydroxylation is 2. The average molecular weight is 394 g/mol. The number of hydrogen-bond donors (Lipinski definition) is 1. The molecule has 1 aromatic rings. The van der Waals surface area contributed by atoms with Gasteiger partial charge in [0, 0.05) is 39.3 Å². The smallest absolute Gasteiger partial charge is 0.324 e. The molecule has 2 fully saturated rings. The van der Waals surface area contributed by atoms with Gasteiger partial charge in [0.15, 0.2) is 0 Å². The molecule has 0 bridgehead atoms. The van der Waals surface area contributed by atoms with E-state index in [1.165, 1.54) is 9.21 Å². The second-order valence-corrected chi connectivity index (χ2v) is 9.01. The van der Waals surface area contributed by atoms with Crippen LogP contribution in [0.4, 0.5) is 4.79 Å². The molecule has 0 aliphatic carbocycles. The SMILES string of the molecule is Cc1ccc(S(=O)(=O)N2CCN([C@@H](C)C(=O)N3CCNC3=O)CC2)c(C)c1. The highest BCUT2D eigenvalue weighted by molar-refractivity contribution is 7.89. The minimum absolute atomic E-state index is 0.240. The maximum Gasteiger partial charge on any atom is 0.324 e. The predicted molar refractivity (Wildman–Crippen MR) is 101 cm³/mol. The molecular weight excluding hydrogens is 368 g/mol. The van der Waals surface area contributed by atoms with Gasteiger partial charge >= 0.3 is 6.03 Å². The number of hydrogen-bond acceptors (Lipinski definition) is 5. The van der Waals surface area contributed by atoms with Crippen molar-refractivity contribution >= 4 is 22.0 Å². The molecule has 1 aromatic carbocycles. The van der Waals surface area contributed by atoms with Gasteiger partial charge in [-0.05, 0) is 32.4 Å². The molecule has 27 heavy (non-hydrogen) atoms. The zero-order valence-electron chi connectivity index (χ0n) is 15.9. The Hall–Kier alpha value is -1.97. The molecule has 8 nitrogen and oxygen atoms in total. The fraction of sp³-hybridized carbons (Fsp3) is 0.556. The molecule has 2 saturated heterocycles. The van der Waals surface area contributed by atoms with Gasteiger partial charge in [-0.25, -0.2) is 13.2 Å². The monoisotopic (exact) mass is 394 g/mol. The van der Waals surface area contributed by atoms with Gasteiger partial charge in [-0.15, -0.1) is 0 Å². The average Bonchev–Trinajstić information content (AvgIpc) is 3.06. The van der Waals surface area contributed by atoms with Gasteiger partial charge in [0.05, 0.1) is 10.9 Å². The molecule has 3 rings (SSSR count). The fourth-order valence-corrected chi connectivity index (χ4v) is 5.25. The number of rotatable bonds is 4. The number of piperazine rings is 1. The Labute approximate surface area is 160 Å². The largest absolute Gasteiger partial charge is 0.336 e. The van der Waals surface area contributed by atoms with Crippen molar-refractivity contribution in [3.63, 3.8) is 0 Å². The summed E-state index contributed by atoms with van der Waals surface area (Å²) in [4.78, 5) is 27.7. The summed E-state index contributed by atoms with van der Waals surface area (Å²) in [6.07, 6.45) is 0. The van der Waals surface area contributed by atoms with Crippen LogP contribution in [0.5, 0.6) is 0 Å². The molecule has 3 amide bonds. The summed E-state index contributed by atoms with van der Waals surface area (Å²) in [5.74, 6) is -0.240. The van der Waals surface area contributed by atoms with Crippen LogP contribution in [0.15, 0.2) is 23.1 Å². The van der Waals surface area contributed by atoms with Gasteiger partial charge in [0.1, 0.15) is 0 Å². The molecule has 2 heterocycles. The number of nitrogens with one attached hydrogen (secondary N) is 1. The Morgan fingerprint density at radius 2 is 1.78 bits per heavy atom. The highest BCUT2D eigenvalue weighted by Gasteiger charge is 2.36. The lowest BCUT2D eigenvalue weighted by atomic mass is 10.2. The lowest BCUT2D eigenvalue weighted by Crippen LogP contribution is -2.55. The Kier molecular flexibility index (Phi) is 5.55. The van der Waals surface area contributed by atoms with E-state index in [2.05, 4.69) is 5.32 Å². The molecule has 2 aliphatic rings. The number of imide groups is 1. The Bertz CT molecular complexity index is 847. The van der Waals surface area contributed by atoms with Gasteiger partial charge < -0.3 is 5.32 Å². The third kappa shape index (κ3) is 3.85. The zero-order valence-corrected chi connectivity index (χ0v) is 16.8. The van der Waals surface area contributed by atoms with Gasteiger partial charge in [-0.2, -0.15) is 4.31 Å². The molecule has 1 atom stereocenters. The van der Waals surface area contributed by atoms with Crippen molar-refractivity contribution in [2.24, 2.45) is 0 Å². The molecule has 9 heteroatoms. The fourth-order valence-electron chi connectivity index (χ4n) is 3.62. The van der Waals surface area contributed by atoms with E-state index in [0.29, 0.717) is 44.2 Å². The summed E-state index contributed by atoms with van der Waals surface area (Å²) >= 11 is 0. The Morgan fingerprint density at radius 1 is 1.11 bits per heavy atom. The Morgan fingerprint density at radius 3 is 2.33 bits per heavy atom. The van der Waals surface area contributed by atoms with Crippen LogP contribution < -0.4 is 5.32 Å². The van der Waals surface area contributed by atoms with Crippen LogP contribution in [-0.2, 0) is 14.8 Å². The highest BCUT2D eigenvalue weighted by atomic mass is 32.2. The molecular formula is C18H26N4O4S. The minimum atomic E-state index is -3.56. The van der Waals surface area contributed by atoms with E-state index in [1.807, 2.05) is 17.9 Å². The topological polar surface area (TPSA) is 90.0 Å². The van der Waals surface area contributed by atoms with Crippen LogP contribution in [0.1, 0.15) is 18.1 Å². The van der Waals surface area contributed by atoms with Crippen molar-refractivity contribution in [3.8, 4) is 0 Å². The van der Waals surface area contributed by atoms with E-state index in [0.717, 1.165) is 11.1 Å². The molecule has 0 aromatic heterocycles. The number of nitrogens with zero attached hydrogens (tertiary/aromatic N) is 3. The van der Waals surface area contributed by atoms with Crippen molar-refractivity contribution in [3.05, 3.63) is 29.3 Å². The van der Waals surface area contributed by atoms with Crippen molar-refractivity contribution in [2.45, 2.75) is 31.7 Å². The van der Waals surface area contributed by atoms with Gasteiger partial charge in [-0.3, -0.25) is 14.6 Å². The first-order chi connectivity index (χ1) is 12.7. The summed E-state index contributed by atoms with van der Waals surface area (Å²) in [7, 11) is -3.56. The van der Waals surface area contributed by atoms with Crippen molar-refractivity contribution < 1.29 is 18.0 Å². The summed E-state index contributed by atoms with van der Waals surface area (Å²) in [6, 6.07) is 4.51. The first-order valence-corrected chi connectivity index (χ1v) is 10.6. The van der Waals surface area contributed by atoms with Crippen molar-refractivity contribution in [2.75, 3.05) is 39.3 Å². The molecule has 2 aliphatic heterocycles. The van der Waals surface area contributed by atoms with Crippen LogP contribution in [0.25, 0.3) is 0 Å². The summed E-state index contributed by atoms with van der Waals surface area (Å²) in [5.41, 5.74) is 1.76. The first kappa shape index (κ1) is 19.8. The van der Waals surface area contributed by atoms with Crippen molar-refractivity contribution in [1.29, 1.82) is 0 Å². The number of amides is 3. The zero-order chi connectivity index (χ0) is 19.8. The van der Waals surface area contributed by atoms with Crippen molar-refractivity contribution in [1.82, 2.24) is 19.4 Å². The summed E-state index contributed by atoms with van der Waals surface area (Å²) < 4.78 is 27.4. The lowest BCUT2D eigenvalue weighted by Gasteiger charge is -2.37. The first-order valence-electron chi connectivity index (χ1n) is 9.12. The van der Waals surface area contributed by atoms with E-state index in [1.54, 1.807) is 26.0 Å². The molecule has 1 N–H and O–H groups in total. The molecule has 0 radical (unpaired) electrons. The van der Waals surface area contributed by atoms with E-state index >= 15 is 0 Å². The maximum atomic E-state index is 13.0. The number of sulfonamides is 1. The quantitative estimate of drug-likeness (QED) is 0.806. The van der Waals surface area contributed by atoms with E-state index < -0.39 is 16.1 Å². The number of benzene rings is 1. The minimum Gasteiger partial charge on any atom is -0.336 e. The van der Waals surface area contributed by atoms with Crippen LogP contribution in [0.3, 0.4) is 0 Å². The molecule has 148 valence electrons.